The molecule has 0 unspecified atom stereocenters. The van der Waals surface area contributed by atoms with Gasteiger partial charge in [0, 0.05) is 19.2 Å². The molecule has 31 heavy (non-hydrogen) atoms. The average molecular weight is 463 g/mol. The highest BCUT2D eigenvalue weighted by Crippen LogP contribution is 2.32. The Labute approximate surface area is 182 Å². The van der Waals surface area contributed by atoms with Gasteiger partial charge in [-0.05, 0) is 17.6 Å². The number of halogens is 3. The van der Waals surface area contributed by atoms with Gasteiger partial charge in [-0.2, -0.15) is 13.2 Å². The fourth-order valence-electron chi connectivity index (χ4n) is 2.80. The van der Waals surface area contributed by atoms with E-state index < -0.39 is 41.4 Å². The third-order valence-electron chi connectivity index (χ3n) is 4.29. The highest BCUT2D eigenvalue weighted by atomic mass is 32.1. The predicted octanol–water partition coefficient (Wildman–Crippen LogP) is 1.80. The minimum Gasteiger partial charge on any atom is -0.468 e. The van der Waals surface area contributed by atoms with Crippen LogP contribution in [0.5, 0.6) is 0 Å². The van der Waals surface area contributed by atoms with Crippen LogP contribution in [-0.4, -0.2) is 46.7 Å². The lowest BCUT2D eigenvalue weighted by Crippen LogP contribution is -2.37. The first-order chi connectivity index (χ1) is 14.3. The SMILES string of the molecule is C#CCO[C@H]1C[C@H](n2cc(C(F)(F)F)c(=O)[nH]c2=O)O[C@@H]1COC(=S)NCC(C)(C)C. The second-order valence-electron chi connectivity index (χ2n) is 8.14. The Morgan fingerprint density at radius 1 is 1.42 bits per heavy atom. The Hall–Kier alpha value is -2.36. The zero-order chi connectivity index (χ0) is 23.4. The summed E-state index contributed by atoms with van der Waals surface area (Å²) in [5.41, 5.74) is -4.11. The van der Waals surface area contributed by atoms with Crippen LogP contribution in [0.1, 0.15) is 39.0 Å². The second-order valence-corrected chi connectivity index (χ2v) is 8.51. The van der Waals surface area contributed by atoms with E-state index in [4.69, 9.17) is 32.9 Å². The van der Waals surface area contributed by atoms with E-state index in [0.717, 1.165) is 0 Å². The monoisotopic (exact) mass is 463 g/mol. The smallest absolute Gasteiger partial charge is 0.423 e. The maximum absolute atomic E-state index is 13.1. The molecule has 1 aliphatic heterocycles. The van der Waals surface area contributed by atoms with Crippen molar-refractivity contribution in [1.82, 2.24) is 14.9 Å². The molecule has 8 nitrogen and oxygen atoms in total. The molecule has 1 fully saturated rings. The number of ether oxygens (including phenoxy) is 3. The Kier molecular flexibility index (Phi) is 7.91. The van der Waals surface area contributed by atoms with E-state index in [0.29, 0.717) is 17.3 Å². The minimum atomic E-state index is -4.94. The summed E-state index contributed by atoms with van der Waals surface area (Å²) in [5, 5.41) is 3.07. The topological polar surface area (TPSA) is 94.6 Å². The number of aromatic nitrogens is 2. The standard InChI is InChI=1S/C19H24F3N3O5S/c1-5-6-28-12-7-14(25-8-11(19(20,21)22)15(26)24-16(25)27)30-13(12)9-29-17(31)23-10-18(2,3)4/h1,8,12-14H,6-7,9-10H2,2-4H3,(H,23,31)(H,24,26,27)/t12-,13+,14+/m0/s1. The van der Waals surface area contributed by atoms with Crippen molar-refractivity contribution < 1.29 is 27.4 Å². The number of nitrogens with one attached hydrogen (secondary N) is 2. The molecule has 0 aromatic carbocycles. The van der Waals surface area contributed by atoms with Crippen LogP contribution in [0.4, 0.5) is 13.2 Å². The Balaban J connectivity index is 2.16. The minimum absolute atomic E-state index is 0.0150. The van der Waals surface area contributed by atoms with Gasteiger partial charge in [0.1, 0.15) is 31.1 Å². The van der Waals surface area contributed by atoms with Gasteiger partial charge in [0.25, 0.3) is 10.7 Å². The number of H-pyrrole nitrogens is 1. The lowest BCUT2D eigenvalue weighted by molar-refractivity contribution is -0.139. The second kappa shape index (κ2) is 9.84. The predicted molar refractivity (Wildman–Crippen MR) is 109 cm³/mol. The summed E-state index contributed by atoms with van der Waals surface area (Å²) in [6.07, 6.45) is -1.83. The van der Waals surface area contributed by atoms with E-state index in [1.807, 2.05) is 20.8 Å². The molecular weight excluding hydrogens is 439 g/mol. The van der Waals surface area contributed by atoms with E-state index in [9.17, 15) is 22.8 Å². The van der Waals surface area contributed by atoms with Gasteiger partial charge in [-0.1, -0.05) is 26.7 Å². The summed E-state index contributed by atoms with van der Waals surface area (Å²) in [5.74, 6) is 2.30. The third-order valence-corrected chi connectivity index (χ3v) is 4.55. The first-order valence-electron chi connectivity index (χ1n) is 9.35. The molecule has 1 aromatic rings. The summed E-state index contributed by atoms with van der Waals surface area (Å²) >= 11 is 5.12. The first-order valence-corrected chi connectivity index (χ1v) is 9.76. The summed E-state index contributed by atoms with van der Waals surface area (Å²) in [4.78, 5) is 25.3. The summed E-state index contributed by atoms with van der Waals surface area (Å²) < 4.78 is 56.6. The van der Waals surface area contributed by atoms with Crippen molar-refractivity contribution in [3.05, 3.63) is 32.6 Å². The van der Waals surface area contributed by atoms with Crippen molar-refractivity contribution in [2.24, 2.45) is 5.41 Å². The van der Waals surface area contributed by atoms with Crippen LogP contribution in [0.25, 0.3) is 0 Å². The largest absolute Gasteiger partial charge is 0.468 e. The molecule has 12 heteroatoms. The zero-order valence-electron chi connectivity index (χ0n) is 17.2. The Morgan fingerprint density at radius 3 is 2.68 bits per heavy atom. The average Bonchev–Trinajstić information content (AvgIpc) is 3.04. The summed E-state index contributed by atoms with van der Waals surface area (Å²) in [6, 6.07) is 0. The molecule has 0 amide bonds. The molecule has 2 N–H and O–H groups in total. The molecule has 0 radical (unpaired) electrons. The van der Waals surface area contributed by atoms with Crippen molar-refractivity contribution in [2.75, 3.05) is 19.8 Å². The lowest BCUT2D eigenvalue weighted by atomic mass is 9.97. The molecule has 1 saturated heterocycles. The van der Waals surface area contributed by atoms with Crippen LogP contribution in [0.15, 0.2) is 15.8 Å². The van der Waals surface area contributed by atoms with Gasteiger partial charge in [-0.3, -0.25) is 14.3 Å². The molecule has 1 aliphatic rings. The molecule has 1 aromatic heterocycles. The van der Waals surface area contributed by atoms with Gasteiger partial charge in [0.15, 0.2) is 0 Å². The number of terminal acetylenes is 1. The molecule has 0 aliphatic carbocycles. The number of hydrogen-bond acceptors (Lipinski definition) is 6. The van der Waals surface area contributed by atoms with Gasteiger partial charge in [0.05, 0.1) is 6.10 Å². The van der Waals surface area contributed by atoms with Crippen molar-refractivity contribution in [3.8, 4) is 12.3 Å². The fraction of sp³-hybridized carbons (Fsp3) is 0.632. The normalized spacial score (nSPS) is 21.5. The lowest BCUT2D eigenvalue weighted by Gasteiger charge is -2.22. The van der Waals surface area contributed by atoms with Gasteiger partial charge in [-0.25, -0.2) is 4.79 Å². The maximum atomic E-state index is 13.1. The molecule has 3 atom stereocenters. The van der Waals surface area contributed by atoms with Crippen LogP contribution in [0.2, 0.25) is 0 Å². The summed E-state index contributed by atoms with van der Waals surface area (Å²) in [7, 11) is 0. The Morgan fingerprint density at radius 2 is 2.10 bits per heavy atom. The zero-order valence-corrected chi connectivity index (χ0v) is 18.1. The number of hydrogen-bond donors (Lipinski definition) is 2. The molecule has 0 spiro atoms. The van der Waals surface area contributed by atoms with E-state index in [1.165, 1.54) is 0 Å². The third kappa shape index (κ3) is 7.09. The maximum Gasteiger partial charge on any atom is 0.423 e. The number of thiocarbonyl (C=S) groups is 1. The van der Waals surface area contributed by atoms with E-state index in [1.54, 1.807) is 4.98 Å². The van der Waals surface area contributed by atoms with Crippen LogP contribution in [0, 0.1) is 17.8 Å². The van der Waals surface area contributed by atoms with Crippen LogP contribution in [0.3, 0.4) is 0 Å². The van der Waals surface area contributed by atoms with Gasteiger partial charge in [0.2, 0.25) is 0 Å². The molecule has 0 bridgehead atoms. The van der Waals surface area contributed by atoms with Crippen molar-refractivity contribution >= 4 is 17.4 Å². The number of alkyl halides is 3. The molecule has 2 rings (SSSR count). The van der Waals surface area contributed by atoms with E-state index in [-0.39, 0.29) is 30.2 Å². The first kappa shape index (κ1) is 24.9. The number of aromatic amines is 1. The molecule has 0 saturated carbocycles. The van der Waals surface area contributed by atoms with Crippen molar-refractivity contribution in [1.29, 1.82) is 0 Å². The fourth-order valence-corrected chi connectivity index (χ4v) is 2.94. The number of nitrogens with zero attached hydrogens (tertiary/aromatic N) is 1. The van der Waals surface area contributed by atoms with Crippen LogP contribution >= 0.6 is 12.2 Å². The van der Waals surface area contributed by atoms with Gasteiger partial charge in [-0.15, -0.1) is 6.42 Å². The van der Waals surface area contributed by atoms with Crippen LogP contribution in [-0.2, 0) is 20.4 Å². The summed E-state index contributed by atoms with van der Waals surface area (Å²) in [6.45, 7) is 6.44. The van der Waals surface area contributed by atoms with E-state index >= 15 is 0 Å². The van der Waals surface area contributed by atoms with Crippen molar-refractivity contribution in [2.45, 2.75) is 51.8 Å². The van der Waals surface area contributed by atoms with E-state index in [2.05, 4.69) is 11.2 Å². The Bertz CT molecular complexity index is 945. The number of rotatable bonds is 6. The molecule has 2 heterocycles. The van der Waals surface area contributed by atoms with Gasteiger partial charge >= 0.3 is 11.9 Å². The van der Waals surface area contributed by atoms with Crippen molar-refractivity contribution in [3.63, 3.8) is 0 Å². The molecular formula is C19H24F3N3O5S. The van der Waals surface area contributed by atoms with Crippen LogP contribution < -0.4 is 16.6 Å². The molecule has 172 valence electrons. The highest BCUT2D eigenvalue weighted by molar-refractivity contribution is 7.80. The highest BCUT2D eigenvalue weighted by Gasteiger charge is 2.40. The van der Waals surface area contributed by atoms with Gasteiger partial charge < -0.3 is 19.5 Å². The quantitative estimate of drug-likeness (QED) is 0.491.